The van der Waals surface area contributed by atoms with Crippen LogP contribution in [0.4, 0.5) is 5.69 Å². The maximum absolute atomic E-state index is 12.6. The Kier molecular flexibility index (Phi) is 6.17. The van der Waals surface area contributed by atoms with E-state index < -0.39 is 10.9 Å². The Balaban J connectivity index is 1.86. The minimum atomic E-state index is -0.586. The molecule has 33 heavy (non-hydrogen) atoms. The molecule has 0 atom stereocenters. The first-order chi connectivity index (χ1) is 15.8. The molecule has 2 aromatic heterocycles. The molecule has 170 valence electrons. The second-order valence-corrected chi connectivity index (χ2v) is 7.95. The van der Waals surface area contributed by atoms with Gasteiger partial charge in [-0.1, -0.05) is 17.7 Å². The number of methoxy groups -OCH3 is 1. The van der Waals surface area contributed by atoms with Gasteiger partial charge < -0.3 is 19.2 Å². The summed E-state index contributed by atoms with van der Waals surface area (Å²) in [4.78, 5) is 31.1. The van der Waals surface area contributed by atoms with Gasteiger partial charge in [0, 0.05) is 29.0 Å². The van der Waals surface area contributed by atoms with E-state index in [0.717, 1.165) is 16.3 Å². The Labute approximate surface area is 193 Å². The summed E-state index contributed by atoms with van der Waals surface area (Å²) in [6.45, 7) is 3.65. The molecular weight excluding hydrogens is 450 g/mol. The number of fused-ring (bicyclic) bond motifs is 3. The van der Waals surface area contributed by atoms with Crippen LogP contribution in [-0.4, -0.2) is 34.1 Å². The minimum Gasteiger partial charge on any atom is -0.458 e. The topological polar surface area (TPSA) is 117 Å². The van der Waals surface area contributed by atoms with Gasteiger partial charge in [0.15, 0.2) is 5.69 Å². The summed E-state index contributed by atoms with van der Waals surface area (Å²) in [6.07, 6.45) is 1.26. The molecule has 4 rings (SSSR count). The van der Waals surface area contributed by atoms with Crippen molar-refractivity contribution >= 4 is 45.1 Å². The largest absolute Gasteiger partial charge is 0.458 e. The van der Waals surface area contributed by atoms with Crippen molar-refractivity contribution in [2.75, 3.05) is 7.11 Å². The van der Waals surface area contributed by atoms with Crippen LogP contribution in [0.25, 0.3) is 21.8 Å². The van der Waals surface area contributed by atoms with Crippen molar-refractivity contribution in [3.05, 3.63) is 69.0 Å². The normalized spacial score (nSPS) is 11.3. The monoisotopic (exact) mass is 469 g/mol. The average molecular weight is 470 g/mol. The summed E-state index contributed by atoms with van der Waals surface area (Å²) in [7, 11) is 1.53. The fourth-order valence-corrected chi connectivity index (χ4v) is 3.85. The first-order valence-electron chi connectivity index (χ1n) is 10.0. The van der Waals surface area contributed by atoms with Crippen LogP contribution in [0.15, 0.2) is 42.6 Å². The molecule has 2 aromatic carbocycles. The molecule has 0 aliphatic rings. The summed E-state index contributed by atoms with van der Waals surface area (Å²) in [5.74, 6) is -0.165. The number of nitro benzene ring substituents is 1. The lowest BCUT2D eigenvalue weighted by molar-refractivity contribution is -0.385. The van der Waals surface area contributed by atoms with Gasteiger partial charge >= 0.3 is 11.7 Å². The molecule has 1 N–H and O–H groups in total. The zero-order valence-corrected chi connectivity index (χ0v) is 18.8. The van der Waals surface area contributed by atoms with Crippen molar-refractivity contribution in [3.63, 3.8) is 0 Å². The third-order valence-corrected chi connectivity index (χ3v) is 5.20. The summed E-state index contributed by atoms with van der Waals surface area (Å²) in [6, 6.07) is 9.67. The van der Waals surface area contributed by atoms with E-state index in [9.17, 15) is 14.9 Å². The van der Waals surface area contributed by atoms with Gasteiger partial charge in [0.25, 0.3) is 0 Å². The molecule has 0 spiro atoms. The van der Waals surface area contributed by atoms with Crippen LogP contribution in [0.5, 0.6) is 11.5 Å². The molecule has 0 saturated heterocycles. The SMILES string of the molecule is COCc1c(C(=O)OC(C)C)ncc2[nH]c3ccc(Oc4cccc(Cl)c4[N+](=O)[O-])cc3c12. The molecule has 2 heterocycles. The van der Waals surface area contributed by atoms with Crippen molar-refractivity contribution in [2.24, 2.45) is 0 Å². The van der Waals surface area contributed by atoms with Crippen molar-refractivity contribution < 1.29 is 23.9 Å². The summed E-state index contributed by atoms with van der Waals surface area (Å²) < 4.78 is 16.5. The van der Waals surface area contributed by atoms with Crippen LogP contribution < -0.4 is 4.74 Å². The summed E-state index contributed by atoms with van der Waals surface area (Å²) >= 11 is 5.99. The number of hydrogen-bond acceptors (Lipinski definition) is 7. The number of carbonyl (C=O) groups excluding carboxylic acids is 1. The second kappa shape index (κ2) is 9.05. The highest BCUT2D eigenvalue weighted by Gasteiger charge is 2.23. The van der Waals surface area contributed by atoms with Crippen LogP contribution in [0, 0.1) is 10.1 Å². The van der Waals surface area contributed by atoms with Gasteiger partial charge in [-0.25, -0.2) is 9.78 Å². The number of carbonyl (C=O) groups is 1. The van der Waals surface area contributed by atoms with E-state index in [1.165, 1.54) is 19.2 Å². The number of aromatic nitrogens is 2. The highest BCUT2D eigenvalue weighted by Crippen LogP contribution is 2.39. The quantitative estimate of drug-likeness (QED) is 0.207. The lowest BCUT2D eigenvalue weighted by Gasteiger charge is -2.12. The Morgan fingerprint density at radius 2 is 2.03 bits per heavy atom. The fourth-order valence-electron chi connectivity index (χ4n) is 3.62. The maximum atomic E-state index is 12.6. The van der Waals surface area contributed by atoms with Crippen molar-refractivity contribution in [3.8, 4) is 11.5 Å². The van der Waals surface area contributed by atoms with E-state index in [-0.39, 0.29) is 34.9 Å². The highest BCUT2D eigenvalue weighted by atomic mass is 35.5. The standard InChI is InChI=1S/C23H20ClN3O6/c1-12(2)32-23(28)21-15(11-31-3)20-14-9-13(7-8-17(14)26-18(20)10-25-21)33-19-6-4-5-16(24)22(19)27(29)30/h4-10,12,26H,11H2,1-3H3. The number of halogens is 1. The Morgan fingerprint density at radius 1 is 1.24 bits per heavy atom. The molecule has 9 nitrogen and oxygen atoms in total. The number of aromatic amines is 1. The zero-order valence-electron chi connectivity index (χ0n) is 18.0. The summed E-state index contributed by atoms with van der Waals surface area (Å²) in [5, 5.41) is 12.9. The van der Waals surface area contributed by atoms with Gasteiger partial charge in [0.2, 0.25) is 5.75 Å². The lowest BCUT2D eigenvalue weighted by atomic mass is 10.1. The molecule has 10 heteroatoms. The van der Waals surface area contributed by atoms with Gasteiger partial charge in [0.05, 0.1) is 29.3 Å². The van der Waals surface area contributed by atoms with Crippen LogP contribution in [0.2, 0.25) is 5.02 Å². The number of hydrogen-bond donors (Lipinski definition) is 1. The number of H-pyrrole nitrogens is 1. The predicted octanol–water partition coefficient (Wildman–Crippen LogP) is 5.78. The van der Waals surface area contributed by atoms with E-state index >= 15 is 0 Å². The number of benzene rings is 2. The van der Waals surface area contributed by atoms with Crippen LogP contribution in [0.3, 0.4) is 0 Å². The molecule has 0 radical (unpaired) electrons. The smallest absolute Gasteiger partial charge is 0.357 e. The van der Waals surface area contributed by atoms with Crippen molar-refractivity contribution in [2.45, 2.75) is 26.6 Å². The number of rotatable bonds is 7. The molecule has 0 amide bonds. The van der Waals surface area contributed by atoms with E-state index in [1.807, 2.05) is 0 Å². The van der Waals surface area contributed by atoms with Crippen molar-refractivity contribution in [1.82, 2.24) is 9.97 Å². The molecule has 0 bridgehead atoms. The summed E-state index contributed by atoms with van der Waals surface area (Å²) in [5.41, 5.74) is 1.88. The molecule has 0 fully saturated rings. The fraction of sp³-hybridized carbons (Fsp3) is 0.217. The van der Waals surface area contributed by atoms with Crippen LogP contribution in [0.1, 0.15) is 29.9 Å². The first kappa shape index (κ1) is 22.5. The Hall–Kier alpha value is -3.69. The first-order valence-corrected chi connectivity index (χ1v) is 10.4. The van der Waals surface area contributed by atoms with Crippen LogP contribution in [-0.2, 0) is 16.1 Å². The number of para-hydroxylation sites is 1. The molecule has 4 aromatic rings. The number of esters is 1. The maximum Gasteiger partial charge on any atom is 0.357 e. The predicted molar refractivity (Wildman–Crippen MR) is 123 cm³/mol. The van der Waals surface area contributed by atoms with Gasteiger partial charge in [-0.05, 0) is 44.2 Å². The van der Waals surface area contributed by atoms with E-state index in [1.54, 1.807) is 44.3 Å². The van der Waals surface area contributed by atoms with Gasteiger partial charge in [-0.15, -0.1) is 0 Å². The number of nitrogens with zero attached hydrogens (tertiary/aromatic N) is 2. The van der Waals surface area contributed by atoms with E-state index in [4.69, 9.17) is 25.8 Å². The molecule has 0 aliphatic carbocycles. The van der Waals surface area contributed by atoms with Gasteiger partial charge in [-0.2, -0.15) is 0 Å². The zero-order chi connectivity index (χ0) is 23.7. The number of nitrogens with one attached hydrogen (secondary N) is 1. The third kappa shape index (κ3) is 4.33. The van der Waals surface area contributed by atoms with E-state index in [0.29, 0.717) is 16.8 Å². The number of ether oxygens (including phenoxy) is 3. The van der Waals surface area contributed by atoms with Crippen LogP contribution >= 0.6 is 11.6 Å². The Bertz CT molecular complexity index is 1380. The third-order valence-electron chi connectivity index (χ3n) is 4.89. The molecule has 0 unspecified atom stereocenters. The average Bonchev–Trinajstić information content (AvgIpc) is 3.11. The number of nitro groups is 1. The minimum absolute atomic E-state index is 0.0201. The second-order valence-electron chi connectivity index (χ2n) is 7.54. The highest BCUT2D eigenvalue weighted by molar-refractivity contribution is 6.33. The van der Waals surface area contributed by atoms with E-state index in [2.05, 4.69) is 9.97 Å². The molecular formula is C23H20ClN3O6. The van der Waals surface area contributed by atoms with Crippen molar-refractivity contribution in [1.29, 1.82) is 0 Å². The molecule has 0 aliphatic heterocycles. The number of pyridine rings is 1. The Morgan fingerprint density at radius 3 is 2.73 bits per heavy atom. The lowest BCUT2D eigenvalue weighted by Crippen LogP contribution is -2.15. The van der Waals surface area contributed by atoms with Gasteiger partial charge in [0.1, 0.15) is 10.8 Å². The molecule has 0 saturated carbocycles. The van der Waals surface area contributed by atoms with Gasteiger partial charge in [-0.3, -0.25) is 10.1 Å².